The van der Waals surface area contributed by atoms with E-state index in [4.69, 9.17) is 5.73 Å². The Bertz CT molecular complexity index is 553. The molecule has 2 rings (SSSR count). The molecule has 0 fully saturated rings. The van der Waals surface area contributed by atoms with Crippen molar-refractivity contribution in [3.05, 3.63) is 51.7 Å². The Balaban J connectivity index is 2.34. The first-order chi connectivity index (χ1) is 8.45. The van der Waals surface area contributed by atoms with E-state index in [1.54, 1.807) is 6.07 Å². The fourth-order valence-electron chi connectivity index (χ4n) is 1.87. The number of hydrogen-bond acceptors (Lipinski definition) is 2. The quantitative estimate of drug-likeness (QED) is 0.800. The summed E-state index contributed by atoms with van der Waals surface area (Å²) < 4.78 is 14.3. The third kappa shape index (κ3) is 2.82. The molecular formula is C14H14BrFN2. The second-order valence-electron chi connectivity index (χ2n) is 4.32. The number of hydrogen-bond donors (Lipinski definition) is 2. The summed E-state index contributed by atoms with van der Waals surface area (Å²) in [5.74, 6) is -0.344. The van der Waals surface area contributed by atoms with Crippen LogP contribution in [0.25, 0.3) is 0 Å². The summed E-state index contributed by atoms with van der Waals surface area (Å²) >= 11 is 3.51. The summed E-state index contributed by atoms with van der Waals surface area (Å²) in [7, 11) is 0. The molecule has 0 saturated heterocycles. The molecule has 2 aromatic rings. The van der Waals surface area contributed by atoms with Crippen LogP contribution in [0.1, 0.15) is 11.1 Å². The van der Waals surface area contributed by atoms with E-state index >= 15 is 0 Å². The Labute approximate surface area is 114 Å². The van der Waals surface area contributed by atoms with E-state index < -0.39 is 0 Å². The number of nitrogen functional groups attached to an aromatic ring is 1. The van der Waals surface area contributed by atoms with Crippen LogP contribution in [0.3, 0.4) is 0 Å². The number of nitrogens with one attached hydrogen (secondary N) is 1. The molecular weight excluding hydrogens is 295 g/mol. The maximum Gasteiger partial charge on any atom is 0.127 e. The van der Waals surface area contributed by atoms with Crippen molar-refractivity contribution in [2.24, 2.45) is 0 Å². The van der Waals surface area contributed by atoms with E-state index in [-0.39, 0.29) is 5.82 Å². The van der Waals surface area contributed by atoms with Gasteiger partial charge in [-0.15, -0.1) is 0 Å². The van der Waals surface area contributed by atoms with E-state index in [0.29, 0.717) is 11.4 Å². The van der Waals surface area contributed by atoms with Crippen molar-refractivity contribution in [2.75, 3.05) is 11.1 Å². The number of anilines is 3. The molecule has 0 aliphatic heterocycles. The van der Waals surface area contributed by atoms with Crippen LogP contribution in [-0.2, 0) is 0 Å². The van der Waals surface area contributed by atoms with Crippen LogP contribution in [0.5, 0.6) is 0 Å². The fourth-order valence-corrected chi connectivity index (χ4v) is 2.10. The lowest BCUT2D eigenvalue weighted by atomic mass is 10.1. The third-order valence-electron chi connectivity index (χ3n) is 2.65. The first kappa shape index (κ1) is 12.9. The monoisotopic (exact) mass is 308 g/mol. The van der Waals surface area contributed by atoms with Gasteiger partial charge in [-0.05, 0) is 55.3 Å². The topological polar surface area (TPSA) is 38.0 Å². The normalized spacial score (nSPS) is 10.4. The van der Waals surface area contributed by atoms with Gasteiger partial charge >= 0.3 is 0 Å². The van der Waals surface area contributed by atoms with Gasteiger partial charge in [0.2, 0.25) is 0 Å². The van der Waals surface area contributed by atoms with Gasteiger partial charge < -0.3 is 11.1 Å². The zero-order chi connectivity index (χ0) is 13.3. The maximum absolute atomic E-state index is 13.2. The Kier molecular flexibility index (Phi) is 3.57. The molecule has 4 heteroatoms. The second kappa shape index (κ2) is 4.98. The standard InChI is InChI=1S/C14H14BrFN2/c1-8-3-12(4-9(2)14(8)15)18-13-6-10(16)5-11(17)7-13/h3-7,18H,17H2,1-2H3. The minimum absolute atomic E-state index is 0.344. The Morgan fingerprint density at radius 3 is 2.11 bits per heavy atom. The molecule has 94 valence electrons. The largest absolute Gasteiger partial charge is 0.399 e. The van der Waals surface area contributed by atoms with Gasteiger partial charge in [0.1, 0.15) is 5.82 Å². The van der Waals surface area contributed by atoms with Crippen molar-refractivity contribution in [3.8, 4) is 0 Å². The smallest absolute Gasteiger partial charge is 0.127 e. The Morgan fingerprint density at radius 1 is 1.00 bits per heavy atom. The number of halogens is 2. The molecule has 0 radical (unpaired) electrons. The molecule has 18 heavy (non-hydrogen) atoms. The van der Waals surface area contributed by atoms with Gasteiger partial charge in [-0.1, -0.05) is 15.9 Å². The summed E-state index contributed by atoms with van der Waals surface area (Å²) in [6.45, 7) is 4.03. The molecule has 0 saturated carbocycles. The van der Waals surface area contributed by atoms with Crippen LogP contribution in [0, 0.1) is 19.7 Å². The van der Waals surface area contributed by atoms with E-state index in [2.05, 4.69) is 21.2 Å². The molecule has 0 unspecified atom stereocenters. The van der Waals surface area contributed by atoms with E-state index in [0.717, 1.165) is 21.3 Å². The zero-order valence-electron chi connectivity index (χ0n) is 10.2. The summed E-state index contributed by atoms with van der Waals surface area (Å²) in [4.78, 5) is 0. The van der Waals surface area contributed by atoms with Crippen molar-refractivity contribution in [1.82, 2.24) is 0 Å². The van der Waals surface area contributed by atoms with Gasteiger partial charge in [-0.2, -0.15) is 0 Å². The molecule has 2 nitrogen and oxygen atoms in total. The molecule has 0 atom stereocenters. The van der Waals surface area contributed by atoms with Gasteiger partial charge in [0.05, 0.1) is 0 Å². The first-order valence-corrected chi connectivity index (χ1v) is 6.35. The molecule has 3 N–H and O–H groups in total. The molecule has 0 aliphatic rings. The van der Waals surface area contributed by atoms with Crippen LogP contribution in [-0.4, -0.2) is 0 Å². The highest BCUT2D eigenvalue weighted by atomic mass is 79.9. The Morgan fingerprint density at radius 2 is 1.56 bits per heavy atom. The SMILES string of the molecule is Cc1cc(Nc2cc(N)cc(F)c2)cc(C)c1Br. The van der Waals surface area contributed by atoms with Crippen molar-refractivity contribution in [1.29, 1.82) is 0 Å². The average molecular weight is 309 g/mol. The van der Waals surface area contributed by atoms with Crippen molar-refractivity contribution in [3.63, 3.8) is 0 Å². The van der Waals surface area contributed by atoms with Crippen LogP contribution in [0.2, 0.25) is 0 Å². The first-order valence-electron chi connectivity index (χ1n) is 5.55. The lowest BCUT2D eigenvalue weighted by Gasteiger charge is -2.11. The van der Waals surface area contributed by atoms with Gasteiger partial charge in [-0.3, -0.25) is 0 Å². The number of nitrogens with two attached hydrogens (primary N) is 1. The molecule has 0 aromatic heterocycles. The van der Waals surface area contributed by atoms with E-state index in [1.807, 2.05) is 26.0 Å². The molecule has 0 aliphatic carbocycles. The minimum Gasteiger partial charge on any atom is -0.399 e. The van der Waals surface area contributed by atoms with E-state index in [1.165, 1.54) is 12.1 Å². The van der Waals surface area contributed by atoms with Gasteiger partial charge in [0.25, 0.3) is 0 Å². The van der Waals surface area contributed by atoms with Gasteiger partial charge in [-0.25, -0.2) is 4.39 Å². The van der Waals surface area contributed by atoms with Crippen LogP contribution in [0.15, 0.2) is 34.8 Å². The molecule has 0 heterocycles. The molecule has 0 spiro atoms. The van der Waals surface area contributed by atoms with Crippen molar-refractivity contribution < 1.29 is 4.39 Å². The van der Waals surface area contributed by atoms with Gasteiger partial charge in [0.15, 0.2) is 0 Å². The lowest BCUT2D eigenvalue weighted by molar-refractivity contribution is 0.629. The van der Waals surface area contributed by atoms with Crippen LogP contribution >= 0.6 is 15.9 Å². The Hall–Kier alpha value is -1.55. The fraction of sp³-hybridized carbons (Fsp3) is 0.143. The van der Waals surface area contributed by atoms with Crippen LogP contribution < -0.4 is 11.1 Å². The maximum atomic E-state index is 13.2. The summed E-state index contributed by atoms with van der Waals surface area (Å²) in [5, 5.41) is 3.15. The molecule has 0 amide bonds. The lowest BCUT2D eigenvalue weighted by Crippen LogP contribution is -1.95. The van der Waals surface area contributed by atoms with Gasteiger partial charge in [0, 0.05) is 21.5 Å². The molecule has 2 aromatic carbocycles. The summed E-state index contributed by atoms with van der Waals surface area (Å²) in [6.07, 6.45) is 0. The number of benzene rings is 2. The van der Waals surface area contributed by atoms with Crippen LogP contribution in [0.4, 0.5) is 21.5 Å². The number of rotatable bonds is 2. The van der Waals surface area contributed by atoms with Crippen molar-refractivity contribution in [2.45, 2.75) is 13.8 Å². The highest BCUT2D eigenvalue weighted by Gasteiger charge is 2.04. The summed E-state index contributed by atoms with van der Waals surface area (Å²) in [5.41, 5.74) is 9.83. The van der Waals surface area contributed by atoms with Crippen molar-refractivity contribution >= 4 is 33.0 Å². The highest BCUT2D eigenvalue weighted by molar-refractivity contribution is 9.10. The highest BCUT2D eigenvalue weighted by Crippen LogP contribution is 2.27. The summed E-state index contributed by atoms with van der Waals surface area (Å²) in [6, 6.07) is 8.42. The predicted octanol–water partition coefficient (Wildman–Crippen LogP) is 4.53. The zero-order valence-corrected chi connectivity index (χ0v) is 11.8. The minimum atomic E-state index is -0.344. The average Bonchev–Trinajstić information content (AvgIpc) is 2.24. The second-order valence-corrected chi connectivity index (χ2v) is 5.12. The third-order valence-corrected chi connectivity index (χ3v) is 3.90. The number of aryl methyl sites for hydroxylation is 2. The predicted molar refractivity (Wildman–Crippen MR) is 77.7 cm³/mol. The molecule has 0 bridgehead atoms. The van der Waals surface area contributed by atoms with E-state index in [9.17, 15) is 4.39 Å².